The van der Waals surface area contributed by atoms with Crippen molar-refractivity contribution in [3.8, 4) is 0 Å². The molecule has 0 atom stereocenters. The Morgan fingerprint density at radius 2 is 1.70 bits per heavy atom. The molecule has 1 amide bonds. The third-order valence-corrected chi connectivity index (χ3v) is 4.83. The molecule has 2 aromatic carbocycles. The smallest absolute Gasteiger partial charge is 0.399 e. The second-order valence-electron chi connectivity index (χ2n) is 6.61. The van der Waals surface area contributed by atoms with Crippen LogP contribution in [-0.4, -0.2) is 37.0 Å². The average molecular weight is 377 g/mol. The van der Waals surface area contributed by atoms with Gasteiger partial charge in [0, 0.05) is 44.0 Å². The van der Waals surface area contributed by atoms with Gasteiger partial charge in [-0.25, -0.2) is 0 Å². The lowest BCUT2D eigenvalue weighted by Crippen LogP contribution is -2.48. The number of anilines is 2. The second-order valence-corrected chi connectivity index (χ2v) is 6.61. The van der Waals surface area contributed by atoms with Crippen LogP contribution in [0.3, 0.4) is 0 Å². The first-order chi connectivity index (χ1) is 12.8. The lowest BCUT2D eigenvalue weighted by molar-refractivity contribution is -0.137. The van der Waals surface area contributed by atoms with Crippen molar-refractivity contribution >= 4 is 17.3 Å². The van der Waals surface area contributed by atoms with Crippen LogP contribution < -0.4 is 10.6 Å². The van der Waals surface area contributed by atoms with Crippen LogP contribution in [0.25, 0.3) is 0 Å². The van der Waals surface area contributed by atoms with Crippen LogP contribution in [0, 0.1) is 0 Å². The van der Waals surface area contributed by atoms with Crippen LogP contribution in [0.15, 0.2) is 48.5 Å². The number of nitrogen functional groups attached to an aromatic ring is 1. The van der Waals surface area contributed by atoms with Crippen molar-refractivity contribution in [2.75, 3.05) is 36.8 Å². The number of nitrogens with zero attached hydrogens (tertiary/aromatic N) is 2. The molecule has 2 aromatic rings. The number of carbonyl (C=O) groups is 1. The Hall–Kier alpha value is -2.70. The molecule has 1 aliphatic heterocycles. The molecule has 0 bridgehead atoms. The number of amides is 1. The third-order valence-electron chi connectivity index (χ3n) is 4.83. The van der Waals surface area contributed by atoms with E-state index < -0.39 is 11.7 Å². The van der Waals surface area contributed by atoms with E-state index in [-0.39, 0.29) is 5.91 Å². The molecule has 3 rings (SSSR count). The molecule has 1 saturated heterocycles. The Kier molecular flexibility index (Phi) is 5.58. The van der Waals surface area contributed by atoms with Crippen molar-refractivity contribution in [2.45, 2.75) is 19.0 Å². The monoisotopic (exact) mass is 377 g/mol. The highest BCUT2D eigenvalue weighted by molar-refractivity contribution is 5.77. The summed E-state index contributed by atoms with van der Waals surface area (Å²) in [4.78, 5) is 16.1. The maximum absolute atomic E-state index is 12.9. The fraction of sp³-hybridized carbons (Fsp3) is 0.350. The number of halogens is 3. The molecule has 1 fully saturated rings. The summed E-state index contributed by atoms with van der Waals surface area (Å²) < 4.78 is 38.6. The predicted octanol–water partition coefficient (Wildman–Crippen LogP) is 3.57. The van der Waals surface area contributed by atoms with Gasteiger partial charge < -0.3 is 15.5 Å². The van der Waals surface area contributed by atoms with Gasteiger partial charge in [0.15, 0.2) is 0 Å². The van der Waals surface area contributed by atoms with Gasteiger partial charge in [-0.15, -0.1) is 0 Å². The summed E-state index contributed by atoms with van der Waals surface area (Å²) in [6.07, 6.45) is -3.40. The first kappa shape index (κ1) is 19.1. The predicted molar refractivity (Wildman–Crippen MR) is 99.4 cm³/mol. The van der Waals surface area contributed by atoms with Gasteiger partial charge in [-0.05, 0) is 36.2 Å². The average Bonchev–Trinajstić information content (AvgIpc) is 2.67. The van der Waals surface area contributed by atoms with E-state index >= 15 is 0 Å². The van der Waals surface area contributed by atoms with Crippen LogP contribution in [0.4, 0.5) is 24.5 Å². The zero-order valence-electron chi connectivity index (χ0n) is 14.9. The summed E-state index contributed by atoms with van der Waals surface area (Å²) in [5.41, 5.74) is 7.41. The zero-order valence-corrected chi connectivity index (χ0v) is 14.9. The van der Waals surface area contributed by atoms with Crippen LogP contribution in [0.1, 0.15) is 17.5 Å². The number of hydrogen-bond acceptors (Lipinski definition) is 3. The van der Waals surface area contributed by atoms with Crippen molar-refractivity contribution < 1.29 is 18.0 Å². The summed E-state index contributed by atoms with van der Waals surface area (Å²) in [5, 5.41) is 0. The molecule has 2 N–H and O–H groups in total. The van der Waals surface area contributed by atoms with Gasteiger partial charge in [-0.1, -0.05) is 24.3 Å². The minimum absolute atomic E-state index is 0.0435. The number of benzene rings is 2. The fourth-order valence-electron chi connectivity index (χ4n) is 3.25. The lowest BCUT2D eigenvalue weighted by atomic mass is 10.1. The maximum Gasteiger partial charge on any atom is 0.416 e. The van der Waals surface area contributed by atoms with E-state index in [1.807, 2.05) is 29.2 Å². The minimum Gasteiger partial charge on any atom is -0.399 e. The number of carbonyl (C=O) groups excluding carboxylic acids is 1. The Morgan fingerprint density at radius 3 is 2.37 bits per heavy atom. The number of rotatable bonds is 4. The van der Waals surface area contributed by atoms with Crippen LogP contribution >= 0.6 is 0 Å². The standard InChI is InChI=1S/C20H22F3N3O/c21-20(22,23)16-5-3-6-17(14-16)25-10-12-26(13-11-25)19(27)9-8-15-4-1-2-7-18(15)24/h1-7,14H,8-13,24H2. The van der Waals surface area contributed by atoms with E-state index in [4.69, 9.17) is 5.73 Å². The SMILES string of the molecule is Nc1ccccc1CCC(=O)N1CCN(c2cccc(C(F)(F)F)c2)CC1. The molecular formula is C20H22F3N3O. The zero-order chi connectivity index (χ0) is 19.4. The molecular weight excluding hydrogens is 355 g/mol. The van der Waals surface area contributed by atoms with Crippen molar-refractivity contribution in [1.29, 1.82) is 0 Å². The molecule has 1 aliphatic rings. The van der Waals surface area contributed by atoms with Gasteiger partial charge in [0.1, 0.15) is 0 Å². The molecule has 0 unspecified atom stereocenters. The number of piperazine rings is 1. The van der Waals surface area contributed by atoms with E-state index in [0.29, 0.717) is 50.4 Å². The summed E-state index contributed by atoms with van der Waals surface area (Å²) in [5.74, 6) is 0.0435. The summed E-state index contributed by atoms with van der Waals surface area (Å²) in [6, 6.07) is 12.8. The lowest BCUT2D eigenvalue weighted by Gasteiger charge is -2.36. The Morgan fingerprint density at radius 1 is 1.00 bits per heavy atom. The normalized spacial score (nSPS) is 15.1. The molecule has 0 spiro atoms. The Labute approximate surface area is 156 Å². The first-order valence-electron chi connectivity index (χ1n) is 8.88. The number of aryl methyl sites for hydroxylation is 1. The molecule has 1 heterocycles. The summed E-state index contributed by atoms with van der Waals surface area (Å²) in [7, 11) is 0. The highest BCUT2D eigenvalue weighted by Gasteiger charge is 2.31. The number of hydrogen-bond donors (Lipinski definition) is 1. The van der Waals surface area contributed by atoms with Crippen LogP contribution in [0.2, 0.25) is 0 Å². The molecule has 7 heteroatoms. The number of nitrogens with two attached hydrogens (primary N) is 1. The fourth-order valence-corrected chi connectivity index (χ4v) is 3.25. The molecule has 0 aromatic heterocycles. The highest BCUT2D eigenvalue weighted by atomic mass is 19.4. The van der Waals surface area contributed by atoms with Gasteiger partial charge >= 0.3 is 6.18 Å². The molecule has 4 nitrogen and oxygen atoms in total. The van der Waals surface area contributed by atoms with E-state index in [9.17, 15) is 18.0 Å². The van der Waals surface area contributed by atoms with Gasteiger partial charge in [-0.3, -0.25) is 4.79 Å². The van der Waals surface area contributed by atoms with E-state index in [2.05, 4.69) is 0 Å². The van der Waals surface area contributed by atoms with E-state index in [0.717, 1.165) is 17.7 Å². The van der Waals surface area contributed by atoms with E-state index in [1.165, 1.54) is 6.07 Å². The minimum atomic E-state index is -4.35. The van der Waals surface area contributed by atoms with Crippen LogP contribution in [-0.2, 0) is 17.4 Å². The van der Waals surface area contributed by atoms with Gasteiger partial charge in [0.2, 0.25) is 5.91 Å². The van der Waals surface area contributed by atoms with Gasteiger partial charge in [0.25, 0.3) is 0 Å². The van der Waals surface area contributed by atoms with Crippen molar-refractivity contribution in [2.24, 2.45) is 0 Å². The highest BCUT2D eigenvalue weighted by Crippen LogP contribution is 2.31. The molecule has 0 aliphatic carbocycles. The number of para-hydroxylation sites is 1. The van der Waals surface area contributed by atoms with Crippen molar-refractivity contribution in [3.05, 3.63) is 59.7 Å². The third kappa shape index (κ3) is 4.72. The molecule has 0 radical (unpaired) electrons. The van der Waals surface area contributed by atoms with Gasteiger partial charge in [-0.2, -0.15) is 13.2 Å². The van der Waals surface area contributed by atoms with E-state index in [1.54, 1.807) is 11.0 Å². The number of alkyl halides is 3. The quantitative estimate of drug-likeness (QED) is 0.829. The van der Waals surface area contributed by atoms with Crippen molar-refractivity contribution in [1.82, 2.24) is 4.90 Å². The molecule has 0 saturated carbocycles. The van der Waals surface area contributed by atoms with Crippen molar-refractivity contribution in [3.63, 3.8) is 0 Å². The summed E-state index contributed by atoms with van der Waals surface area (Å²) in [6.45, 7) is 2.03. The Bertz CT molecular complexity index is 799. The molecule has 144 valence electrons. The topological polar surface area (TPSA) is 49.6 Å². The maximum atomic E-state index is 12.9. The second kappa shape index (κ2) is 7.90. The summed E-state index contributed by atoms with van der Waals surface area (Å²) >= 11 is 0. The van der Waals surface area contributed by atoms with Gasteiger partial charge in [0.05, 0.1) is 5.56 Å². The van der Waals surface area contributed by atoms with Crippen LogP contribution in [0.5, 0.6) is 0 Å². The first-order valence-corrected chi connectivity index (χ1v) is 8.88. The largest absolute Gasteiger partial charge is 0.416 e. The molecule has 27 heavy (non-hydrogen) atoms. The Balaban J connectivity index is 1.54.